The highest BCUT2D eigenvalue weighted by atomic mass is 35.5. The van der Waals surface area contributed by atoms with Gasteiger partial charge in [-0.3, -0.25) is 5.43 Å². The van der Waals surface area contributed by atoms with Gasteiger partial charge in [0.1, 0.15) is 0 Å². The third kappa shape index (κ3) is 3.05. The smallest absolute Gasteiger partial charge is 0.184 e. The maximum absolute atomic E-state index is 12.2. The third-order valence-electron chi connectivity index (χ3n) is 2.72. The zero-order valence-corrected chi connectivity index (χ0v) is 12.3. The third-order valence-corrected chi connectivity index (χ3v) is 5.12. The number of nitrogens with zero attached hydrogens (tertiary/aromatic N) is 1. The molecule has 1 aromatic carbocycles. The molecule has 1 aliphatic heterocycles. The molecule has 0 amide bonds. The topological polar surface area (TPSA) is 84.5 Å². The van der Waals surface area contributed by atoms with Crippen LogP contribution in [0.25, 0.3) is 0 Å². The number of fused-ring (bicyclic) bond motifs is 1. The zero-order valence-electron chi connectivity index (χ0n) is 9.89. The van der Waals surface area contributed by atoms with Gasteiger partial charge in [0.05, 0.1) is 21.4 Å². The van der Waals surface area contributed by atoms with Gasteiger partial charge in [-0.1, -0.05) is 23.7 Å². The molecule has 0 atom stereocenters. The minimum Gasteiger partial charge on any atom is -0.375 e. The average Bonchev–Trinajstić information content (AvgIpc) is 2.44. The number of hydrogen-bond acceptors (Lipinski definition) is 4. The fraction of sp³-hybridized carbons (Fsp3) is 0.273. The Morgan fingerprint density at radius 1 is 1.47 bits per heavy atom. The van der Waals surface area contributed by atoms with E-state index in [1.807, 2.05) is 0 Å². The van der Waals surface area contributed by atoms with Crippen LogP contribution in [-0.2, 0) is 9.84 Å². The van der Waals surface area contributed by atoms with Crippen molar-refractivity contribution in [2.75, 3.05) is 5.75 Å². The Balaban J connectivity index is 2.61. The summed E-state index contributed by atoms with van der Waals surface area (Å²) >= 11 is 10.7. The molecule has 102 valence electrons. The van der Waals surface area contributed by atoms with Gasteiger partial charge in [-0.2, -0.15) is 5.10 Å². The molecule has 0 radical (unpaired) electrons. The number of hydrazone groups is 1. The fourth-order valence-corrected chi connectivity index (χ4v) is 4.14. The van der Waals surface area contributed by atoms with Gasteiger partial charge in [-0.15, -0.1) is 0 Å². The number of benzene rings is 1. The molecular formula is C11H12ClN3O2S2. The van der Waals surface area contributed by atoms with E-state index in [0.717, 1.165) is 0 Å². The maximum Gasteiger partial charge on any atom is 0.184 e. The van der Waals surface area contributed by atoms with E-state index in [9.17, 15) is 8.42 Å². The summed E-state index contributed by atoms with van der Waals surface area (Å²) in [6, 6.07) is 4.93. The molecule has 0 spiro atoms. The van der Waals surface area contributed by atoms with Gasteiger partial charge in [0.15, 0.2) is 14.9 Å². The van der Waals surface area contributed by atoms with Crippen molar-refractivity contribution in [2.45, 2.75) is 17.7 Å². The first kappa shape index (κ1) is 14.2. The van der Waals surface area contributed by atoms with Crippen LogP contribution in [0, 0.1) is 0 Å². The second-order valence-corrected chi connectivity index (χ2v) is 6.97. The van der Waals surface area contributed by atoms with Gasteiger partial charge in [-0.05, 0) is 31.1 Å². The normalized spacial score (nSPS) is 19.5. The van der Waals surface area contributed by atoms with Crippen molar-refractivity contribution in [1.82, 2.24) is 5.43 Å². The number of halogens is 1. The van der Waals surface area contributed by atoms with E-state index >= 15 is 0 Å². The molecule has 0 bridgehead atoms. The second-order valence-electron chi connectivity index (χ2n) is 4.07. The molecule has 19 heavy (non-hydrogen) atoms. The summed E-state index contributed by atoms with van der Waals surface area (Å²) in [7, 11) is -3.39. The fourth-order valence-electron chi connectivity index (χ4n) is 1.96. The van der Waals surface area contributed by atoms with Crippen molar-refractivity contribution < 1.29 is 8.42 Å². The lowest BCUT2D eigenvalue weighted by Gasteiger charge is -2.09. The minimum atomic E-state index is -3.39. The Hall–Kier alpha value is -1.18. The van der Waals surface area contributed by atoms with E-state index in [0.29, 0.717) is 24.1 Å². The Bertz CT molecular complexity index is 656. The van der Waals surface area contributed by atoms with Crippen LogP contribution in [0.3, 0.4) is 0 Å². The highest BCUT2D eigenvalue weighted by Gasteiger charge is 2.27. The SMILES string of the molecule is NC(=S)NN=C1CCCS(=O)(=O)c2c(Cl)cccc21. The average molecular weight is 318 g/mol. The van der Waals surface area contributed by atoms with Gasteiger partial charge < -0.3 is 5.73 Å². The van der Waals surface area contributed by atoms with Crippen LogP contribution >= 0.6 is 23.8 Å². The summed E-state index contributed by atoms with van der Waals surface area (Å²) in [5.41, 5.74) is 8.91. The van der Waals surface area contributed by atoms with E-state index in [1.165, 1.54) is 0 Å². The predicted molar refractivity (Wildman–Crippen MR) is 79.2 cm³/mol. The number of hydrogen-bond donors (Lipinski definition) is 2. The van der Waals surface area contributed by atoms with Gasteiger partial charge in [0.25, 0.3) is 0 Å². The van der Waals surface area contributed by atoms with Crippen molar-refractivity contribution >= 4 is 44.5 Å². The molecule has 3 N–H and O–H groups in total. The Kier molecular flexibility index (Phi) is 4.07. The van der Waals surface area contributed by atoms with Crippen LogP contribution in [0.15, 0.2) is 28.2 Å². The Labute approximate surface area is 121 Å². The highest BCUT2D eigenvalue weighted by molar-refractivity contribution is 7.91. The van der Waals surface area contributed by atoms with Crippen LogP contribution in [0.4, 0.5) is 0 Å². The van der Waals surface area contributed by atoms with E-state index in [4.69, 9.17) is 17.3 Å². The number of nitrogens with two attached hydrogens (primary N) is 1. The first-order valence-electron chi connectivity index (χ1n) is 5.55. The van der Waals surface area contributed by atoms with Crippen LogP contribution in [0.2, 0.25) is 5.02 Å². The van der Waals surface area contributed by atoms with Crippen LogP contribution in [0.5, 0.6) is 0 Å². The minimum absolute atomic E-state index is 0.0307. The molecule has 1 aliphatic rings. The van der Waals surface area contributed by atoms with Gasteiger partial charge >= 0.3 is 0 Å². The number of nitrogens with one attached hydrogen (secondary N) is 1. The Morgan fingerprint density at radius 3 is 2.89 bits per heavy atom. The van der Waals surface area contributed by atoms with Crippen molar-refractivity contribution in [1.29, 1.82) is 0 Å². The van der Waals surface area contributed by atoms with E-state index in [1.54, 1.807) is 18.2 Å². The zero-order chi connectivity index (χ0) is 14.0. The predicted octanol–water partition coefficient (Wildman–Crippen LogP) is 1.44. The number of sulfone groups is 1. The van der Waals surface area contributed by atoms with E-state index in [2.05, 4.69) is 22.7 Å². The molecule has 0 saturated heterocycles. The number of rotatable bonds is 1. The summed E-state index contributed by atoms with van der Waals surface area (Å²) in [5.74, 6) is 0.0514. The first-order chi connectivity index (χ1) is 8.92. The lowest BCUT2D eigenvalue weighted by Crippen LogP contribution is -2.25. The largest absolute Gasteiger partial charge is 0.375 e. The van der Waals surface area contributed by atoms with Crippen LogP contribution in [-0.4, -0.2) is 25.0 Å². The molecular weight excluding hydrogens is 306 g/mol. The lowest BCUT2D eigenvalue weighted by molar-refractivity contribution is 0.595. The van der Waals surface area contributed by atoms with Gasteiger partial charge in [0.2, 0.25) is 0 Å². The molecule has 0 unspecified atom stereocenters. The standard InChI is InChI=1S/C11H12ClN3O2S2/c12-8-4-1-3-7-9(14-15-11(13)18)5-2-6-19(16,17)10(7)8/h1,3-4H,2,5-6H2,(H3,13,15,18). The summed E-state index contributed by atoms with van der Waals surface area (Å²) in [6.07, 6.45) is 0.993. The Morgan fingerprint density at radius 2 is 2.21 bits per heavy atom. The van der Waals surface area contributed by atoms with Gasteiger partial charge in [-0.25, -0.2) is 8.42 Å². The summed E-state index contributed by atoms with van der Waals surface area (Å²) < 4.78 is 24.4. The summed E-state index contributed by atoms with van der Waals surface area (Å²) in [5, 5.41) is 4.31. The molecule has 2 rings (SSSR count). The van der Waals surface area contributed by atoms with E-state index in [-0.39, 0.29) is 20.8 Å². The van der Waals surface area contributed by atoms with E-state index < -0.39 is 9.84 Å². The molecule has 8 heteroatoms. The molecule has 1 aromatic rings. The lowest BCUT2D eigenvalue weighted by atomic mass is 10.1. The first-order valence-corrected chi connectivity index (χ1v) is 7.99. The molecule has 5 nitrogen and oxygen atoms in total. The molecule has 0 aliphatic carbocycles. The molecule has 1 heterocycles. The van der Waals surface area contributed by atoms with Crippen molar-refractivity contribution in [2.24, 2.45) is 10.8 Å². The second kappa shape index (κ2) is 5.44. The molecule has 0 aromatic heterocycles. The van der Waals surface area contributed by atoms with Crippen LogP contribution < -0.4 is 11.2 Å². The van der Waals surface area contributed by atoms with Gasteiger partial charge in [0, 0.05) is 5.56 Å². The summed E-state index contributed by atoms with van der Waals surface area (Å²) in [4.78, 5) is 0.137. The monoisotopic (exact) mass is 317 g/mol. The van der Waals surface area contributed by atoms with Crippen molar-refractivity contribution in [3.63, 3.8) is 0 Å². The van der Waals surface area contributed by atoms with Crippen molar-refractivity contribution in [3.05, 3.63) is 28.8 Å². The van der Waals surface area contributed by atoms with Crippen LogP contribution in [0.1, 0.15) is 18.4 Å². The summed E-state index contributed by atoms with van der Waals surface area (Å²) in [6.45, 7) is 0. The quantitative estimate of drug-likeness (QED) is 0.605. The van der Waals surface area contributed by atoms with Crippen molar-refractivity contribution in [3.8, 4) is 0 Å². The number of thiocarbonyl (C=S) groups is 1. The molecule has 0 saturated carbocycles. The molecule has 0 fully saturated rings. The maximum atomic E-state index is 12.2. The highest BCUT2D eigenvalue weighted by Crippen LogP contribution is 2.30.